The number of hydrazine groups is 1. The normalized spacial score (nSPS) is 16.4. The van der Waals surface area contributed by atoms with Crippen molar-refractivity contribution in [2.45, 2.75) is 30.5 Å². The van der Waals surface area contributed by atoms with E-state index in [4.69, 9.17) is 15.6 Å². The minimum atomic E-state index is -0.629. The van der Waals surface area contributed by atoms with Gasteiger partial charge in [-0.15, -0.1) is 0 Å². The molecule has 1 aliphatic rings. The van der Waals surface area contributed by atoms with Crippen LogP contribution in [-0.2, 0) is 16.9 Å². The van der Waals surface area contributed by atoms with Crippen LogP contribution in [0.1, 0.15) is 40.3 Å². The number of benzene rings is 4. The first-order valence-corrected chi connectivity index (χ1v) is 13.1. The maximum absolute atomic E-state index is 12.6. The molecule has 0 saturated heterocycles. The quantitative estimate of drug-likeness (QED) is 0.118. The van der Waals surface area contributed by atoms with Gasteiger partial charge in [-0.05, 0) is 28.7 Å². The fourth-order valence-corrected chi connectivity index (χ4v) is 5.43. The molecule has 5 aromatic rings. The van der Waals surface area contributed by atoms with Gasteiger partial charge in [-0.2, -0.15) is 0 Å². The Balaban J connectivity index is 1.31. The van der Waals surface area contributed by atoms with Crippen molar-refractivity contribution in [3.63, 3.8) is 0 Å². The summed E-state index contributed by atoms with van der Waals surface area (Å²) in [4.78, 5) is 17.5. The number of hydrogen-bond donors (Lipinski definition) is 1. The molecule has 6 rings (SSSR count). The maximum Gasteiger partial charge on any atom is 0.424 e. The van der Waals surface area contributed by atoms with E-state index in [1.54, 1.807) is 0 Å². The highest BCUT2D eigenvalue weighted by Gasteiger charge is 2.47. The van der Waals surface area contributed by atoms with Crippen LogP contribution in [0.25, 0.3) is 0 Å². The summed E-state index contributed by atoms with van der Waals surface area (Å²) in [5.41, 5.74) is 4.58. The lowest BCUT2D eigenvalue weighted by atomic mass is 9.77. The van der Waals surface area contributed by atoms with Crippen molar-refractivity contribution < 1.29 is 9.53 Å². The molecule has 1 amide bonds. The maximum atomic E-state index is 12.6. The largest absolute Gasteiger partial charge is 0.444 e. The van der Waals surface area contributed by atoms with Gasteiger partial charge < -0.3 is 9.30 Å². The minimum Gasteiger partial charge on any atom is -0.444 e. The molecule has 39 heavy (non-hydrogen) atoms. The highest BCUT2D eigenvalue weighted by molar-refractivity contribution is 5.68. The van der Waals surface area contributed by atoms with Crippen LogP contribution in [-0.4, -0.2) is 26.7 Å². The van der Waals surface area contributed by atoms with E-state index in [1.807, 2.05) is 54.9 Å². The van der Waals surface area contributed by atoms with Crippen LogP contribution in [0.5, 0.6) is 0 Å². The fourth-order valence-electron chi connectivity index (χ4n) is 5.43. The molecule has 0 aliphatic heterocycles. The lowest BCUT2D eigenvalue weighted by Gasteiger charge is -2.37. The predicted molar refractivity (Wildman–Crippen MR) is 151 cm³/mol. The number of ether oxygens (including phenoxy) is 1. The van der Waals surface area contributed by atoms with Crippen molar-refractivity contribution in [2.75, 3.05) is 0 Å². The molecule has 2 N–H and O–H groups in total. The third-order valence-corrected chi connectivity index (χ3v) is 7.47. The average Bonchev–Trinajstić information content (AvgIpc) is 3.66. The summed E-state index contributed by atoms with van der Waals surface area (Å²) in [6.45, 7) is 0.188. The SMILES string of the molecule is NN(C(=O)OCc1ccccc1)[C@@H]1C[C@H]1c1cn(C(c2ccccc2)(c2ccccc2)c2ccccc2)cn1. The van der Waals surface area contributed by atoms with Gasteiger partial charge in [0.15, 0.2) is 0 Å². The lowest BCUT2D eigenvalue weighted by Crippen LogP contribution is -2.40. The number of aromatic nitrogens is 2. The smallest absolute Gasteiger partial charge is 0.424 e. The Kier molecular flexibility index (Phi) is 6.69. The molecule has 1 heterocycles. The van der Waals surface area contributed by atoms with Gasteiger partial charge in [0.2, 0.25) is 0 Å². The first kappa shape index (κ1) is 24.6. The zero-order valence-corrected chi connectivity index (χ0v) is 21.5. The zero-order chi connectivity index (χ0) is 26.7. The van der Waals surface area contributed by atoms with Gasteiger partial charge in [-0.3, -0.25) is 0 Å². The van der Waals surface area contributed by atoms with Gasteiger partial charge in [-0.1, -0.05) is 121 Å². The summed E-state index contributed by atoms with van der Waals surface area (Å²) >= 11 is 0. The van der Waals surface area contributed by atoms with Gasteiger partial charge in [-0.25, -0.2) is 20.6 Å². The summed E-state index contributed by atoms with van der Waals surface area (Å²) in [6, 6.07) is 40.9. The summed E-state index contributed by atoms with van der Waals surface area (Å²) in [6.07, 6.45) is 4.20. The number of amides is 1. The Morgan fingerprint density at radius 3 is 1.82 bits per heavy atom. The standard InChI is InChI=1S/C33H30N4O2/c34-37(32(38)39-23-25-13-5-1-6-14-25)31-21-29(31)30-22-36(24-35-30)33(26-15-7-2-8-16-26,27-17-9-3-10-18-27)28-19-11-4-12-20-28/h1-20,22,24,29,31H,21,23,34H2/t29-,31+/m0/s1. The molecule has 6 nitrogen and oxygen atoms in total. The molecule has 1 saturated carbocycles. The van der Waals surface area contributed by atoms with Crippen molar-refractivity contribution in [1.82, 2.24) is 14.6 Å². The fraction of sp³-hybridized carbons (Fsp3) is 0.152. The number of rotatable bonds is 8. The second-order valence-corrected chi connectivity index (χ2v) is 9.87. The van der Waals surface area contributed by atoms with E-state index in [1.165, 1.54) is 5.01 Å². The Labute approximate surface area is 228 Å². The minimum absolute atomic E-state index is 0.0422. The van der Waals surface area contributed by atoms with E-state index in [-0.39, 0.29) is 18.6 Å². The Bertz CT molecular complexity index is 1420. The Morgan fingerprint density at radius 1 is 0.821 bits per heavy atom. The predicted octanol–water partition coefficient (Wildman–Crippen LogP) is 6.09. The third-order valence-electron chi connectivity index (χ3n) is 7.47. The molecule has 1 aromatic heterocycles. The molecule has 1 aliphatic carbocycles. The number of imidazole rings is 1. The number of carbonyl (C=O) groups is 1. The number of nitrogens with two attached hydrogens (primary N) is 1. The number of hydrogen-bond acceptors (Lipinski definition) is 4. The van der Waals surface area contributed by atoms with Crippen LogP contribution < -0.4 is 5.84 Å². The van der Waals surface area contributed by atoms with Crippen molar-refractivity contribution in [1.29, 1.82) is 0 Å². The van der Waals surface area contributed by atoms with Gasteiger partial charge in [0, 0.05) is 12.1 Å². The highest BCUT2D eigenvalue weighted by Crippen LogP contribution is 2.45. The van der Waals surface area contributed by atoms with Gasteiger partial charge >= 0.3 is 6.09 Å². The Morgan fingerprint density at radius 2 is 1.31 bits per heavy atom. The molecule has 6 heteroatoms. The average molecular weight is 515 g/mol. The van der Waals surface area contributed by atoms with Crippen molar-refractivity contribution in [3.05, 3.63) is 162 Å². The summed E-state index contributed by atoms with van der Waals surface area (Å²) in [7, 11) is 0. The second kappa shape index (κ2) is 10.6. The van der Waals surface area contributed by atoms with Crippen LogP contribution >= 0.6 is 0 Å². The second-order valence-electron chi connectivity index (χ2n) is 9.87. The molecule has 0 spiro atoms. The molecule has 0 bridgehead atoms. The Hall–Kier alpha value is -4.68. The monoisotopic (exact) mass is 514 g/mol. The van der Waals surface area contributed by atoms with Crippen molar-refractivity contribution >= 4 is 6.09 Å². The van der Waals surface area contributed by atoms with Crippen LogP contribution in [0.3, 0.4) is 0 Å². The first-order chi connectivity index (χ1) is 19.2. The highest BCUT2D eigenvalue weighted by atomic mass is 16.6. The summed E-state index contributed by atoms with van der Waals surface area (Å²) < 4.78 is 7.63. The van der Waals surface area contributed by atoms with Crippen molar-refractivity contribution in [2.24, 2.45) is 5.84 Å². The third kappa shape index (κ3) is 4.71. The van der Waals surface area contributed by atoms with Crippen LogP contribution in [0.2, 0.25) is 0 Å². The van der Waals surface area contributed by atoms with Gasteiger partial charge in [0.1, 0.15) is 12.1 Å². The van der Waals surface area contributed by atoms with E-state index in [0.717, 1.165) is 34.4 Å². The lowest BCUT2D eigenvalue weighted by molar-refractivity contribution is 0.0930. The first-order valence-electron chi connectivity index (χ1n) is 13.1. The molecule has 2 atom stereocenters. The van der Waals surface area contributed by atoms with Crippen molar-refractivity contribution in [3.8, 4) is 0 Å². The molecule has 0 radical (unpaired) electrons. The van der Waals surface area contributed by atoms with Crippen LogP contribution in [0.15, 0.2) is 134 Å². The van der Waals surface area contributed by atoms with E-state index >= 15 is 0 Å². The molecular weight excluding hydrogens is 484 g/mol. The van der Waals surface area contributed by atoms with E-state index < -0.39 is 11.6 Å². The van der Waals surface area contributed by atoms with Crippen LogP contribution in [0, 0.1) is 0 Å². The van der Waals surface area contributed by atoms with E-state index in [2.05, 4.69) is 83.6 Å². The molecule has 1 fully saturated rings. The van der Waals surface area contributed by atoms with Gasteiger partial charge in [0.25, 0.3) is 0 Å². The summed E-state index contributed by atoms with van der Waals surface area (Å²) in [5.74, 6) is 6.25. The van der Waals surface area contributed by atoms with E-state index in [0.29, 0.717) is 0 Å². The molecule has 194 valence electrons. The topological polar surface area (TPSA) is 73.4 Å². The molecule has 4 aromatic carbocycles. The molecule has 0 unspecified atom stereocenters. The molecular formula is C33H30N4O2. The van der Waals surface area contributed by atoms with Crippen LogP contribution in [0.4, 0.5) is 4.79 Å². The van der Waals surface area contributed by atoms with Gasteiger partial charge in [0.05, 0.1) is 18.1 Å². The number of carbonyl (C=O) groups excluding carboxylic acids is 1. The zero-order valence-electron chi connectivity index (χ0n) is 21.5. The van der Waals surface area contributed by atoms with E-state index in [9.17, 15) is 4.79 Å². The number of nitrogens with zero attached hydrogens (tertiary/aromatic N) is 3. The summed E-state index contributed by atoms with van der Waals surface area (Å²) in [5, 5.41) is 1.21.